The van der Waals surface area contributed by atoms with Crippen LogP contribution in [0.15, 0.2) is 78.9 Å². The predicted octanol–water partition coefficient (Wildman–Crippen LogP) is 4.41. The van der Waals surface area contributed by atoms with Gasteiger partial charge in [-0.3, -0.25) is 4.90 Å². The fourth-order valence-corrected chi connectivity index (χ4v) is 3.26. The van der Waals surface area contributed by atoms with Crippen molar-refractivity contribution in [3.05, 3.63) is 101 Å². The van der Waals surface area contributed by atoms with Crippen molar-refractivity contribution >= 4 is 0 Å². The van der Waals surface area contributed by atoms with Crippen molar-refractivity contribution in [2.45, 2.75) is 25.8 Å². The first-order chi connectivity index (χ1) is 14.6. The lowest BCUT2D eigenvalue weighted by atomic mass is 10.1. The second-order valence-corrected chi connectivity index (χ2v) is 7.30. The molecule has 158 valence electrons. The number of hydrogen-bond donors (Lipinski definition) is 1. The number of methoxy groups -OCH3 is 1. The van der Waals surface area contributed by atoms with Crippen LogP contribution in [0.2, 0.25) is 0 Å². The summed E-state index contributed by atoms with van der Waals surface area (Å²) in [5.74, 6) is 0.549. The molecule has 0 saturated heterocycles. The van der Waals surface area contributed by atoms with E-state index in [0.29, 0.717) is 26.2 Å². The van der Waals surface area contributed by atoms with Gasteiger partial charge in [-0.2, -0.15) is 0 Å². The van der Waals surface area contributed by atoms with Crippen LogP contribution in [0, 0.1) is 5.82 Å². The molecule has 0 fully saturated rings. The Morgan fingerprint density at radius 1 is 0.833 bits per heavy atom. The zero-order chi connectivity index (χ0) is 21.2. The minimum Gasteiger partial charge on any atom is -0.497 e. The van der Waals surface area contributed by atoms with E-state index in [1.165, 1.54) is 12.1 Å². The van der Waals surface area contributed by atoms with E-state index in [2.05, 4.69) is 4.90 Å². The van der Waals surface area contributed by atoms with Crippen LogP contribution in [-0.4, -0.2) is 36.4 Å². The molecule has 0 amide bonds. The number of aliphatic hydroxyl groups excluding tert-OH is 1. The van der Waals surface area contributed by atoms with Crippen molar-refractivity contribution in [3.63, 3.8) is 0 Å². The average molecular weight is 410 g/mol. The summed E-state index contributed by atoms with van der Waals surface area (Å²) in [7, 11) is 1.64. The summed E-state index contributed by atoms with van der Waals surface area (Å²) in [6, 6.07) is 24.2. The molecule has 0 aliphatic heterocycles. The van der Waals surface area contributed by atoms with Crippen molar-refractivity contribution in [2.24, 2.45) is 0 Å². The Bertz CT molecular complexity index is 869. The number of benzene rings is 3. The lowest BCUT2D eigenvalue weighted by molar-refractivity contribution is 0.00712. The molecule has 0 aliphatic rings. The van der Waals surface area contributed by atoms with Gasteiger partial charge in [-0.05, 0) is 41.0 Å². The first-order valence-corrected chi connectivity index (χ1v) is 10.0. The average Bonchev–Trinajstić information content (AvgIpc) is 2.76. The topological polar surface area (TPSA) is 41.9 Å². The smallest absolute Gasteiger partial charge is 0.123 e. The summed E-state index contributed by atoms with van der Waals surface area (Å²) < 4.78 is 24.2. The molecule has 0 aromatic heterocycles. The molecule has 1 N–H and O–H groups in total. The van der Waals surface area contributed by atoms with Gasteiger partial charge in [0.25, 0.3) is 0 Å². The summed E-state index contributed by atoms with van der Waals surface area (Å²) in [4.78, 5) is 2.13. The Balaban J connectivity index is 1.59. The molecule has 4 nitrogen and oxygen atoms in total. The lowest BCUT2D eigenvalue weighted by Gasteiger charge is -2.25. The van der Waals surface area contributed by atoms with Crippen LogP contribution in [0.5, 0.6) is 5.75 Å². The van der Waals surface area contributed by atoms with Gasteiger partial charge in [0, 0.05) is 19.6 Å². The van der Waals surface area contributed by atoms with Crippen molar-refractivity contribution in [1.29, 1.82) is 0 Å². The van der Waals surface area contributed by atoms with E-state index in [9.17, 15) is 9.50 Å². The third-order valence-electron chi connectivity index (χ3n) is 4.78. The van der Waals surface area contributed by atoms with E-state index in [-0.39, 0.29) is 12.4 Å². The highest BCUT2D eigenvalue weighted by molar-refractivity contribution is 5.27. The van der Waals surface area contributed by atoms with E-state index in [1.807, 2.05) is 54.6 Å². The van der Waals surface area contributed by atoms with Crippen molar-refractivity contribution < 1.29 is 19.0 Å². The maximum Gasteiger partial charge on any atom is 0.123 e. The number of rotatable bonds is 11. The number of halogens is 1. The minimum atomic E-state index is -0.632. The van der Waals surface area contributed by atoms with Gasteiger partial charge in [0.05, 0.1) is 26.4 Å². The highest BCUT2D eigenvalue weighted by Gasteiger charge is 2.14. The van der Waals surface area contributed by atoms with E-state index < -0.39 is 6.10 Å². The fraction of sp³-hybridized carbons (Fsp3) is 0.280. The standard InChI is InChI=1S/C25H28FNO3/c1-29-25-13-9-21(10-14-25)16-27(15-20-7-11-23(26)12-8-20)17-24(28)19-30-18-22-5-3-2-4-6-22/h2-14,24,28H,15-19H2,1H3/t24-/m1/s1. The Morgan fingerprint density at radius 2 is 1.43 bits per heavy atom. The zero-order valence-electron chi connectivity index (χ0n) is 17.2. The van der Waals surface area contributed by atoms with Gasteiger partial charge in [0.1, 0.15) is 11.6 Å². The van der Waals surface area contributed by atoms with Gasteiger partial charge in [-0.1, -0.05) is 54.6 Å². The maximum absolute atomic E-state index is 13.2. The number of hydrogen-bond acceptors (Lipinski definition) is 4. The molecule has 0 heterocycles. The van der Waals surface area contributed by atoms with E-state index in [1.54, 1.807) is 19.2 Å². The van der Waals surface area contributed by atoms with Crippen molar-refractivity contribution in [2.75, 3.05) is 20.3 Å². The molecule has 0 unspecified atom stereocenters. The van der Waals surface area contributed by atoms with Crippen LogP contribution in [0.1, 0.15) is 16.7 Å². The Hall–Kier alpha value is -2.73. The highest BCUT2D eigenvalue weighted by atomic mass is 19.1. The van der Waals surface area contributed by atoms with Gasteiger partial charge in [-0.25, -0.2) is 4.39 Å². The Kier molecular flexibility index (Phi) is 8.39. The predicted molar refractivity (Wildman–Crippen MR) is 116 cm³/mol. The second-order valence-electron chi connectivity index (χ2n) is 7.30. The van der Waals surface area contributed by atoms with Gasteiger partial charge >= 0.3 is 0 Å². The summed E-state index contributed by atoms with van der Waals surface area (Å²) in [5.41, 5.74) is 3.17. The molecule has 0 aliphatic carbocycles. The van der Waals surface area contributed by atoms with Gasteiger partial charge in [-0.15, -0.1) is 0 Å². The first kappa shape index (κ1) is 22.0. The van der Waals surface area contributed by atoms with Crippen LogP contribution >= 0.6 is 0 Å². The van der Waals surface area contributed by atoms with Crippen molar-refractivity contribution in [3.8, 4) is 5.75 Å². The molecule has 3 aromatic rings. The molecular weight excluding hydrogens is 381 g/mol. The molecule has 5 heteroatoms. The maximum atomic E-state index is 13.2. The molecular formula is C25H28FNO3. The van der Waals surface area contributed by atoms with Gasteiger partial charge in [0.2, 0.25) is 0 Å². The molecule has 0 radical (unpaired) electrons. The van der Waals surface area contributed by atoms with E-state index in [0.717, 1.165) is 22.4 Å². The summed E-state index contributed by atoms with van der Waals surface area (Å²) in [6.45, 7) is 2.41. The fourth-order valence-electron chi connectivity index (χ4n) is 3.26. The van der Waals surface area contributed by atoms with Gasteiger partial charge < -0.3 is 14.6 Å². The minimum absolute atomic E-state index is 0.247. The van der Waals surface area contributed by atoms with Crippen molar-refractivity contribution in [1.82, 2.24) is 4.90 Å². The Labute approximate surface area is 177 Å². The largest absolute Gasteiger partial charge is 0.497 e. The monoisotopic (exact) mass is 409 g/mol. The Morgan fingerprint density at radius 3 is 2.03 bits per heavy atom. The molecule has 3 rings (SSSR count). The quantitative estimate of drug-likeness (QED) is 0.509. The second kappa shape index (κ2) is 11.5. The molecule has 0 spiro atoms. The summed E-state index contributed by atoms with van der Waals surface area (Å²) in [6.07, 6.45) is -0.632. The number of nitrogens with zero attached hydrogens (tertiary/aromatic N) is 1. The molecule has 3 aromatic carbocycles. The molecule has 0 saturated carbocycles. The third-order valence-corrected chi connectivity index (χ3v) is 4.78. The number of aliphatic hydroxyl groups is 1. The van der Waals surface area contributed by atoms with E-state index in [4.69, 9.17) is 9.47 Å². The van der Waals surface area contributed by atoms with Gasteiger partial charge in [0.15, 0.2) is 0 Å². The summed E-state index contributed by atoms with van der Waals surface area (Å²) >= 11 is 0. The first-order valence-electron chi connectivity index (χ1n) is 10.0. The van der Waals surface area contributed by atoms with E-state index >= 15 is 0 Å². The molecule has 30 heavy (non-hydrogen) atoms. The lowest BCUT2D eigenvalue weighted by Crippen LogP contribution is -2.34. The third kappa shape index (κ3) is 7.26. The van der Waals surface area contributed by atoms with Crippen LogP contribution in [0.3, 0.4) is 0 Å². The highest BCUT2D eigenvalue weighted by Crippen LogP contribution is 2.16. The number of ether oxygens (including phenoxy) is 2. The van der Waals surface area contributed by atoms with Crippen LogP contribution in [0.4, 0.5) is 4.39 Å². The van der Waals surface area contributed by atoms with Crippen LogP contribution in [-0.2, 0) is 24.4 Å². The summed E-state index contributed by atoms with van der Waals surface area (Å²) in [5, 5.41) is 10.5. The molecule has 1 atom stereocenters. The van der Waals surface area contributed by atoms with Crippen LogP contribution in [0.25, 0.3) is 0 Å². The molecule has 0 bridgehead atoms. The zero-order valence-corrected chi connectivity index (χ0v) is 17.2. The SMILES string of the molecule is COc1ccc(CN(Cc2ccc(F)cc2)C[C@@H](O)COCc2ccccc2)cc1. The van der Waals surface area contributed by atoms with Crippen LogP contribution < -0.4 is 4.74 Å². The normalized spacial score (nSPS) is 12.1.